The average molecular weight is 279 g/mol. The predicted molar refractivity (Wildman–Crippen MR) is 79.5 cm³/mol. The third-order valence-corrected chi connectivity index (χ3v) is 3.68. The van der Waals surface area contributed by atoms with Crippen LogP contribution in [0.25, 0.3) is 22.4 Å². The molecule has 0 bridgehead atoms. The van der Waals surface area contributed by atoms with Crippen molar-refractivity contribution in [3.63, 3.8) is 0 Å². The molecule has 21 heavy (non-hydrogen) atoms. The molecule has 1 N–H and O–H groups in total. The molecule has 0 amide bonds. The summed E-state index contributed by atoms with van der Waals surface area (Å²) >= 11 is 0. The summed E-state index contributed by atoms with van der Waals surface area (Å²) in [5.74, 6) is 0. The first-order valence-corrected chi connectivity index (χ1v) is 6.66. The van der Waals surface area contributed by atoms with Crippen LogP contribution in [0, 0.1) is 13.8 Å². The van der Waals surface area contributed by atoms with Gasteiger partial charge in [0.2, 0.25) is 0 Å². The lowest BCUT2D eigenvalue weighted by molar-refractivity contribution is 0.936. The maximum Gasteiger partial charge on any atom is 0.347 e. The SMILES string of the molecule is Cc1ccc(-c2cc3c4n[nH]c(=O)n4ccn3n2)c(C)c1. The monoisotopic (exact) mass is 279 g/mol. The molecule has 4 aromatic rings. The first kappa shape index (κ1) is 11.9. The Hall–Kier alpha value is -2.89. The van der Waals surface area contributed by atoms with Crippen molar-refractivity contribution in [1.82, 2.24) is 24.2 Å². The summed E-state index contributed by atoms with van der Waals surface area (Å²) in [6, 6.07) is 8.22. The van der Waals surface area contributed by atoms with Gasteiger partial charge >= 0.3 is 5.69 Å². The zero-order valence-electron chi connectivity index (χ0n) is 11.7. The van der Waals surface area contributed by atoms with E-state index in [0.717, 1.165) is 16.8 Å². The molecule has 0 aliphatic rings. The van der Waals surface area contributed by atoms with Gasteiger partial charge in [0.25, 0.3) is 0 Å². The number of nitrogens with one attached hydrogen (secondary N) is 1. The second-order valence-electron chi connectivity index (χ2n) is 5.20. The van der Waals surface area contributed by atoms with Gasteiger partial charge in [-0.2, -0.15) is 10.2 Å². The third kappa shape index (κ3) is 1.69. The number of aryl methyl sites for hydroxylation is 2. The number of hydrogen-bond donors (Lipinski definition) is 1. The van der Waals surface area contributed by atoms with E-state index in [2.05, 4.69) is 47.3 Å². The molecule has 0 saturated carbocycles. The Balaban J connectivity index is 2.02. The van der Waals surface area contributed by atoms with Gasteiger partial charge in [-0.25, -0.2) is 18.8 Å². The first-order chi connectivity index (χ1) is 10.1. The van der Waals surface area contributed by atoms with Crippen molar-refractivity contribution in [3.8, 4) is 11.3 Å². The van der Waals surface area contributed by atoms with Crippen molar-refractivity contribution in [1.29, 1.82) is 0 Å². The van der Waals surface area contributed by atoms with E-state index in [-0.39, 0.29) is 5.69 Å². The van der Waals surface area contributed by atoms with Crippen molar-refractivity contribution < 1.29 is 0 Å². The van der Waals surface area contributed by atoms with Gasteiger partial charge in [0.1, 0.15) is 5.52 Å². The molecule has 3 aromatic heterocycles. The number of benzene rings is 1. The van der Waals surface area contributed by atoms with Crippen LogP contribution in [0.5, 0.6) is 0 Å². The highest BCUT2D eigenvalue weighted by Crippen LogP contribution is 2.25. The van der Waals surface area contributed by atoms with Crippen LogP contribution in [0.4, 0.5) is 0 Å². The van der Waals surface area contributed by atoms with Crippen LogP contribution in [0.15, 0.2) is 41.5 Å². The van der Waals surface area contributed by atoms with Crippen molar-refractivity contribution in [2.75, 3.05) is 0 Å². The van der Waals surface area contributed by atoms with Crippen molar-refractivity contribution in [2.24, 2.45) is 0 Å². The number of fused-ring (bicyclic) bond motifs is 3. The molecule has 0 radical (unpaired) electrons. The van der Waals surface area contributed by atoms with E-state index >= 15 is 0 Å². The van der Waals surface area contributed by atoms with E-state index < -0.39 is 0 Å². The smallest absolute Gasteiger partial charge is 0.247 e. The van der Waals surface area contributed by atoms with E-state index in [9.17, 15) is 4.79 Å². The van der Waals surface area contributed by atoms with Crippen LogP contribution < -0.4 is 5.69 Å². The van der Waals surface area contributed by atoms with Crippen molar-refractivity contribution in [2.45, 2.75) is 13.8 Å². The van der Waals surface area contributed by atoms with Gasteiger partial charge < -0.3 is 0 Å². The van der Waals surface area contributed by atoms with Crippen LogP contribution in [0.1, 0.15) is 11.1 Å². The summed E-state index contributed by atoms with van der Waals surface area (Å²) in [4.78, 5) is 11.6. The van der Waals surface area contributed by atoms with Crippen LogP contribution in [-0.4, -0.2) is 24.2 Å². The number of rotatable bonds is 1. The largest absolute Gasteiger partial charge is 0.347 e. The van der Waals surface area contributed by atoms with E-state index in [1.54, 1.807) is 16.9 Å². The molecule has 3 heterocycles. The van der Waals surface area contributed by atoms with Crippen molar-refractivity contribution >= 4 is 11.2 Å². The molecule has 6 nitrogen and oxygen atoms in total. The Labute approximate surface area is 119 Å². The lowest BCUT2D eigenvalue weighted by Crippen LogP contribution is -2.09. The minimum atomic E-state index is -0.248. The topological polar surface area (TPSA) is 67.5 Å². The minimum Gasteiger partial charge on any atom is -0.247 e. The van der Waals surface area contributed by atoms with Gasteiger partial charge in [-0.05, 0) is 25.5 Å². The van der Waals surface area contributed by atoms with E-state index in [1.807, 2.05) is 6.07 Å². The second-order valence-corrected chi connectivity index (χ2v) is 5.20. The Morgan fingerprint density at radius 2 is 2.00 bits per heavy atom. The number of H-pyrrole nitrogens is 1. The molecule has 0 unspecified atom stereocenters. The quantitative estimate of drug-likeness (QED) is 0.579. The van der Waals surface area contributed by atoms with Gasteiger partial charge in [-0.15, -0.1) is 0 Å². The van der Waals surface area contributed by atoms with Gasteiger partial charge in [-0.1, -0.05) is 23.8 Å². The lowest BCUT2D eigenvalue weighted by atomic mass is 10.0. The Morgan fingerprint density at radius 3 is 2.81 bits per heavy atom. The Bertz CT molecular complexity index is 1040. The van der Waals surface area contributed by atoms with E-state index in [4.69, 9.17) is 0 Å². The molecule has 0 fully saturated rings. The van der Waals surface area contributed by atoms with E-state index in [1.165, 1.54) is 15.5 Å². The fourth-order valence-electron chi connectivity index (χ4n) is 2.66. The molecule has 0 aliphatic heterocycles. The Morgan fingerprint density at radius 1 is 1.14 bits per heavy atom. The Kier molecular flexibility index (Phi) is 2.29. The summed E-state index contributed by atoms with van der Waals surface area (Å²) in [6.07, 6.45) is 3.42. The van der Waals surface area contributed by atoms with Gasteiger partial charge in [0.15, 0.2) is 5.65 Å². The molecule has 104 valence electrons. The van der Waals surface area contributed by atoms with Crippen LogP contribution in [0.2, 0.25) is 0 Å². The number of aromatic amines is 1. The van der Waals surface area contributed by atoms with Gasteiger partial charge in [0.05, 0.1) is 5.69 Å². The number of hydrogen-bond acceptors (Lipinski definition) is 3. The molecular weight excluding hydrogens is 266 g/mol. The molecule has 4 rings (SSSR count). The van der Waals surface area contributed by atoms with Crippen LogP contribution in [-0.2, 0) is 0 Å². The summed E-state index contributed by atoms with van der Waals surface area (Å²) in [5.41, 5.74) is 5.48. The maximum atomic E-state index is 11.6. The van der Waals surface area contributed by atoms with Crippen LogP contribution in [0.3, 0.4) is 0 Å². The molecule has 0 saturated heterocycles. The second kappa shape index (κ2) is 4.05. The lowest BCUT2D eigenvalue weighted by Gasteiger charge is -2.02. The highest BCUT2D eigenvalue weighted by molar-refractivity contribution is 5.77. The zero-order chi connectivity index (χ0) is 14.6. The normalized spacial score (nSPS) is 11.5. The molecule has 0 atom stereocenters. The average Bonchev–Trinajstić information content (AvgIpc) is 3.02. The number of aromatic nitrogens is 5. The van der Waals surface area contributed by atoms with Gasteiger partial charge in [-0.3, -0.25) is 0 Å². The summed E-state index contributed by atoms with van der Waals surface area (Å²) in [6.45, 7) is 4.14. The highest BCUT2D eigenvalue weighted by Gasteiger charge is 2.11. The van der Waals surface area contributed by atoms with Gasteiger partial charge in [0, 0.05) is 18.0 Å². The summed E-state index contributed by atoms with van der Waals surface area (Å²) < 4.78 is 3.22. The minimum absolute atomic E-state index is 0.248. The van der Waals surface area contributed by atoms with Crippen molar-refractivity contribution in [3.05, 3.63) is 58.3 Å². The standard InChI is InChI=1S/C15H13N5O/c1-9-3-4-11(10(2)7-9)12-8-13-14-16-17-15(21)19(14)5-6-20(13)18-12/h3-8H,1-2H3,(H,17,21). The fourth-order valence-corrected chi connectivity index (χ4v) is 2.66. The molecule has 0 aliphatic carbocycles. The fraction of sp³-hybridized carbons (Fsp3) is 0.133. The molecule has 1 aromatic carbocycles. The highest BCUT2D eigenvalue weighted by atomic mass is 16.1. The number of nitrogens with zero attached hydrogens (tertiary/aromatic N) is 4. The van der Waals surface area contributed by atoms with Crippen LogP contribution >= 0.6 is 0 Å². The molecular formula is C15H13N5O. The predicted octanol–water partition coefficient (Wildman–Crippen LogP) is 1.95. The first-order valence-electron chi connectivity index (χ1n) is 6.66. The maximum absolute atomic E-state index is 11.6. The molecule has 6 heteroatoms. The summed E-state index contributed by atoms with van der Waals surface area (Å²) in [5, 5.41) is 11.1. The zero-order valence-corrected chi connectivity index (χ0v) is 11.7. The van der Waals surface area contributed by atoms with E-state index in [0.29, 0.717) is 5.65 Å². The third-order valence-electron chi connectivity index (χ3n) is 3.68. The molecule has 0 spiro atoms. The summed E-state index contributed by atoms with van der Waals surface area (Å²) in [7, 11) is 0.